The number of aromatic amines is 2. The van der Waals surface area contributed by atoms with Crippen molar-refractivity contribution in [3.63, 3.8) is 0 Å². The molecule has 1 unspecified atom stereocenters. The van der Waals surface area contributed by atoms with Crippen LogP contribution in [0.4, 0.5) is 4.39 Å². The zero-order valence-electron chi connectivity index (χ0n) is 17.9. The van der Waals surface area contributed by atoms with Crippen molar-refractivity contribution in [2.24, 2.45) is 0 Å². The molecule has 5 rings (SSSR count). The Balaban J connectivity index is 1.43. The number of rotatable bonds is 7. The molecular formula is C24H21FN4O4. The van der Waals surface area contributed by atoms with Crippen LogP contribution in [0.15, 0.2) is 54.9 Å². The molecule has 0 saturated heterocycles. The van der Waals surface area contributed by atoms with E-state index in [1.807, 2.05) is 24.3 Å². The van der Waals surface area contributed by atoms with Gasteiger partial charge in [0, 0.05) is 28.8 Å². The molecule has 0 fully saturated rings. The summed E-state index contributed by atoms with van der Waals surface area (Å²) in [7, 11) is 2.98. The molecule has 2 aromatic carbocycles. The zero-order chi connectivity index (χ0) is 22.9. The quantitative estimate of drug-likeness (QED) is 0.344. The first kappa shape index (κ1) is 20.8. The van der Waals surface area contributed by atoms with Gasteiger partial charge in [-0.15, -0.1) is 0 Å². The average molecular weight is 448 g/mol. The van der Waals surface area contributed by atoms with Gasteiger partial charge in [-0.05, 0) is 24.3 Å². The zero-order valence-corrected chi connectivity index (χ0v) is 17.9. The molecule has 3 heterocycles. The third-order valence-corrected chi connectivity index (χ3v) is 5.45. The SMILES string of the molecule is COc1cnc2[nH]cc(C(O)c3cc(OC)c(OCc4nc5ccccc5[nH]4)cc3F)c2c1. The van der Waals surface area contributed by atoms with Crippen LogP contribution in [-0.4, -0.2) is 39.3 Å². The molecule has 5 aromatic rings. The van der Waals surface area contributed by atoms with Crippen molar-refractivity contribution in [1.82, 2.24) is 19.9 Å². The van der Waals surface area contributed by atoms with Crippen molar-refractivity contribution >= 4 is 22.1 Å². The number of nitrogens with zero attached hydrogens (tertiary/aromatic N) is 2. The van der Waals surface area contributed by atoms with Gasteiger partial charge in [0.05, 0.1) is 31.4 Å². The molecule has 1 atom stereocenters. The van der Waals surface area contributed by atoms with Crippen molar-refractivity contribution in [2.45, 2.75) is 12.7 Å². The van der Waals surface area contributed by atoms with E-state index in [2.05, 4.69) is 19.9 Å². The highest BCUT2D eigenvalue weighted by Crippen LogP contribution is 2.37. The fourth-order valence-electron chi connectivity index (χ4n) is 3.76. The fraction of sp³-hybridized carbons (Fsp3) is 0.167. The normalized spacial score (nSPS) is 12.2. The third-order valence-electron chi connectivity index (χ3n) is 5.45. The highest BCUT2D eigenvalue weighted by Gasteiger charge is 2.22. The number of hydrogen-bond donors (Lipinski definition) is 3. The summed E-state index contributed by atoms with van der Waals surface area (Å²) < 4.78 is 31.5. The smallest absolute Gasteiger partial charge is 0.164 e. The fourth-order valence-corrected chi connectivity index (χ4v) is 3.76. The van der Waals surface area contributed by atoms with Crippen LogP contribution in [0.25, 0.3) is 22.1 Å². The van der Waals surface area contributed by atoms with Gasteiger partial charge >= 0.3 is 0 Å². The molecule has 0 spiro atoms. The molecule has 9 heteroatoms. The van der Waals surface area contributed by atoms with Crippen LogP contribution < -0.4 is 14.2 Å². The predicted molar refractivity (Wildman–Crippen MR) is 120 cm³/mol. The number of nitrogens with one attached hydrogen (secondary N) is 2. The molecule has 8 nitrogen and oxygen atoms in total. The van der Waals surface area contributed by atoms with E-state index < -0.39 is 11.9 Å². The summed E-state index contributed by atoms with van der Waals surface area (Å²) in [6.07, 6.45) is 1.90. The Kier molecular flexibility index (Phi) is 5.31. The summed E-state index contributed by atoms with van der Waals surface area (Å²) >= 11 is 0. The predicted octanol–water partition coefficient (Wildman–Crippen LogP) is 4.26. The van der Waals surface area contributed by atoms with Crippen LogP contribution in [0, 0.1) is 5.82 Å². The van der Waals surface area contributed by atoms with Crippen molar-refractivity contribution in [3.8, 4) is 17.2 Å². The number of aliphatic hydroxyl groups excluding tert-OH is 1. The van der Waals surface area contributed by atoms with E-state index in [-0.39, 0.29) is 23.7 Å². The van der Waals surface area contributed by atoms with Gasteiger partial charge in [0.1, 0.15) is 35.7 Å². The van der Waals surface area contributed by atoms with E-state index in [9.17, 15) is 5.11 Å². The topological polar surface area (TPSA) is 105 Å². The Morgan fingerprint density at radius 1 is 1.06 bits per heavy atom. The van der Waals surface area contributed by atoms with E-state index in [0.29, 0.717) is 28.2 Å². The number of pyridine rings is 1. The van der Waals surface area contributed by atoms with Crippen LogP contribution in [0.1, 0.15) is 23.1 Å². The summed E-state index contributed by atoms with van der Waals surface area (Å²) in [4.78, 5) is 14.8. The van der Waals surface area contributed by atoms with Crippen LogP contribution in [0.3, 0.4) is 0 Å². The van der Waals surface area contributed by atoms with Crippen LogP contribution >= 0.6 is 0 Å². The monoisotopic (exact) mass is 448 g/mol. The molecule has 3 aromatic heterocycles. The summed E-state index contributed by atoms with van der Waals surface area (Å²) in [6.45, 7) is 0.0975. The standard InChI is InChI=1S/C24H21FN4O4/c1-31-13-7-14-16(11-27-24(14)26-10-13)23(30)15-8-20(32-2)21(9-17(15)25)33-12-22-28-18-5-3-4-6-19(18)29-22/h3-11,23,30H,12H2,1-2H3,(H,26,27)(H,28,29). The lowest BCUT2D eigenvalue weighted by atomic mass is 10.0. The highest BCUT2D eigenvalue weighted by atomic mass is 19.1. The van der Waals surface area contributed by atoms with Crippen molar-refractivity contribution in [2.75, 3.05) is 14.2 Å². The number of halogens is 1. The van der Waals surface area contributed by atoms with Gasteiger partial charge in [0.15, 0.2) is 11.5 Å². The number of benzene rings is 2. The average Bonchev–Trinajstić information content (AvgIpc) is 3.45. The van der Waals surface area contributed by atoms with Gasteiger partial charge in [0.2, 0.25) is 0 Å². The minimum Gasteiger partial charge on any atom is -0.495 e. The lowest BCUT2D eigenvalue weighted by Crippen LogP contribution is -2.05. The second-order valence-corrected chi connectivity index (χ2v) is 7.43. The molecule has 0 saturated carbocycles. The number of fused-ring (bicyclic) bond motifs is 2. The lowest BCUT2D eigenvalue weighted by Gasteiger charge is -2.16. The van der Waals surface area contributed by atoms with Crippen LogP contribution in [-0.2, 0) is 6.61 Å². The molecular weight excluding hydrogens is 427 g/mol. The first-order valence-corrected chi connectivity index (χ1v) is 10.2. The maximum atomic E-state index is 15.1. The minimum atomic E-state index is -1.26. The Labute approximate surface area is 188 Å². The van der Waals surface area contributed by atoms with Crippen molar-refractivity contribution in [1.29, 1.82) is 0 Å². The van der Waals surface area contributed by atoms with Crippen LogP contribution in [0.2, 0.25) is 0 Å². The number of aromatic nitrogens is 4. The molecule has 168 valence electrons. The summed E-state index contributed by atoms with van der Waals surface area (Å²) in [5.41, 5.74) is 2.78. The highest BCUT2D eigenvalue weighted by molar-refractivity contribution is 5.82. The minimum absolute atomic E-state index is 0.0478. The van der Waals surface area contributed by atoms with Gasteiger partial charge < -0.3 is 29.3 Å². The molecule has 33 heavy (non-hydrogen) atoms. The second-order valence-electron chi connectivity index (χ2n) is 7.43. The molecule has 0 amide bonds. The van der Waals surface area contributed by atoms with E-state index in [0.717, 1.165) is 11.0 Å². The number of ether oxygens (including phenoxy) is 3. The molecule has 0 bridgehead atoms. The Bertz CT molecular complexity index is 1410. The Hall–Kier alpha value is -4.11. The van der Waals surface area contributed by atoms with E-state index in [4.69, 9.17) is 14.2 Å². The molecule has 0 aliphatic heterocycles. The first-order chi connectivity index (χ1) is 16.1. The van der Waals surface area contributed by atoms with Crippen molar-refractivity contribution in [3.05, 3.63) is 77.6 Å². The number of imidazole rings is 1. The summed E-state index contributed by atoms with van der Waals surface area (Å²) in [6, 6.07) is 12.0. The summed E-state index contributed by atoms with van der Waals surface area (Å²) in [5, 5.41) is 11.6. The lowest BCUT2D eigenvalue weighted by molar-refractivity contribution is 0.214. The maximum absolute atomic E-state index is 15.1. The van der Waals surface area contributed by atoms with Gasteiger partial charge in [-0.3, -0.25) is 0 Å². The van der Waals surface area contributed by atoms with Gasteiger partial charge in [-0.2, -0.15) is 0 Å². The van der Waals surface area contributed by atoms with Gasteiger partial charge in [0.25, 0.3) is 0 Å². The van der Waals surface area contributed by atoms with Gasteiger partial charge in [-0.25, -0.2) is 14.4 Å². The third kappa shape index (κ3) is 3.83. The largest absolute Gasteiger partial charge is 0.495 e. The molecule has 3 N–H and O–H groups in total. The second kappa shape index (κ2) is 8.44. The van der Waals surface area contributed by atoms with Crippen molar-refractivity contribution < 1.29 is 23.7 Å². The maximum Gasteiger partial charge on any atom is 0.164 e. The van der Waals surface area contributed by atoms with Crippen LogP contribution in [0.5, 0.6) is 17.2 Å². The van der Waals surface area contributed by atoms with E-state index in [1.54, 1.807) is 18.5 Å². The Morgan fingerprint density at radius 2 is 1.91 bits per heavy atom. The molecule has 0 radical (unpaired) electrons. The van der Waals surface area contributed by atoms with E-state index in [1.165, 1.54) is 26.4 Å². The Morgan fingerprint density at radius 3 is 2.70 bits per heavy atom. The molecule has 0 aliphatic rings. The first-order valence-electron chi connectivity index (χ1n) is 10.2. The summed E-state index contributed by atoms with van der Waals surface area (Å²) in [5.74, 6) is 0.991. The van der Waals surface area contributed by atoms with E-state index >= 15 is 4.39 Å². The number of methoxy groups -OCH3 is 2. The van der Waals surface area contributed by atoms with Gasteiger partial charge in [-0.1, -0.05) is 12.1 Å². The molecule has 0 aliphatic carbocycles. The number of aliphatic hydroxyl groups is 1. The number of para-hydroxylation sites is 2. The number of H-pyrrole nitrogens is 2. The number of hydrogen-bond acceptors (Lipinski definition) is 6.